The number of halogens is 2. The highest BCUT2D eigenvalue weighted by Crippen LogP contribution is 2.24. The highest BCUT2D eigenvalue weighted by Gasteiger charge is 2.12. The predicted octanol–water partition coefficient (Wildman–Crippen LogP) is 4.40. The summed E-state index contributed by atoms with van der Waals surface area (Å²) in [4.78, 5) is 12.2. The van der Waals surface area contributed by atoms with Crippen molar-refractivity contribution >= 4 is 44.8 Å². The van der Waals surface area contributed by atoms with Crippen LogP contribution in [0.15, 0.2) is 46.9 Å². The van der Waals surface area contributed by atoms with Gasteiger partial charge in [-0.05, 0) is 30.3 Å². The van der Waals surface area contributed by atoms with E-state index in [1.807, 2.05) is 24.3 Å². The minimum atomic E-state index is -0.242. The van der Waals surface area contributed by atoms with Gasteiger partial charge in [0.25, 0.3) is 5.91 Å². The maximum absolute atomic E-state index is 12.2. The van der Waals surface area contributed by atoms with Crippen LogP contribution in [-0.4, -0.2) is 13.0 Å². The average molecular weight is 340 g/mol. The summed E-state index contributed by atoms with van der Waals surface area (Å²) in [7, 11) is 1.80. The monoisotopic (exact) mass is 338 g/mol. The molecule has 98 valence electrons. The molecule has 0 aliphatic carbocycles. The Kier molecular flexibility index (Phi) is 4.45. The minimum Gasteiger partial charge on any atom is -0.386 e. The molecule has 0 aromatic heterocycles. The Bertz CT molecular complexity index is 616. The van der Waals surface area contributed by atoms with E-state index >= 15 is 0 Å². The quantitative estimate of drug-likeness (QED) is 0.870. The van der Waals surface area contributed by atoms with Crippen LogP contribution in [0.5, 0.6) is 0 Å². The number of hydrogen-bond acceptors (Lipinski definition) is 2. The molecule has 0 spiro atoms. The summed E-state index contributed by atoms with van der Waals surface area (Å²) in [5.74, 6) is -0.242. The van der Waals surface area contributed by atoms with Crippen LogP contribution in [0.1, 0.15) is 10.4 Å². The van der Waals surface area contributed by atoms with Gasteiger partial charge in [0.05, 0.1) is 22.0 Å². The van der Waals surface area contributed by atoms with E-state index in [2.05, 4.69) is 26.6 Å². The topological polar surface area (TPSA) is 41.1 Å². The molecule has 0 aliphatic heterocycles. The second-order valence-corrected chi connectivity index (χ2v) is 5.20. The largest absolute Gasteiger partial charge is 0.386 e. The summed E-state index contributed by atoms with van der Waals surface area (Å²) in [6.07, 6.45) is 0. The first-order valence-electron chi connectivity index (χ1n) is 5.65. The van der Waals surface area contributed by atoms with Gasteiger partial charge in [0, 0.05) is 11.5 Å². The fourth-order valence-electron chi connectivity index (χ4n) is 1.67. The van der Waals surface area contributed by atoms with Crippen molar-refractivity contribution in [3.05, 3.63) is 57.5 Å². The van der Waals surface area contributed by atoms with Crippen LogP contribution in [-0.2, 0) is 0 Å². The molecule has 1 amide bonds. The van der Waals surface area contributed by atoms with Crippen molar-refractivity contribution in [2.45, 2.75) is 0 Å². The lowest BCUT2D eigenvalue weighted by Crippen LogP contribution is -2.13. The smallest absolute Gasteiger partial charge is 0.257 e. The molecule has 2 rings (SSSR count). The Labute approximate surface area is 125 Å². The van der Waals surface area contributed by atoms with Crippen LogP contribution in [0.25, 0.3) is 0 Å². The Morgan fingerprint density at radius 2 is 1.84 bits per heavy atom. The molecule has 2 aromatic rings. The first-order chi connectivity index (χ1) is 9.11. The molecule has 0 heterocycles. The molecule has 19 heavy (non-hydrogen) atoms. The van der Waals surface area contributed by atoms with Crippen LogP contribution in [0.3, 0.4) is 0 Å². The molecule has 2 N–H and O–H groups in total. The van der Waals surface area contributed by atoms with E-state index in [1.165, 1.54) is 0 Å². The summed E-state index contributed by atoms with van der Waals surface area (Å²) in [5, 5.41) is 6.28. The van der Waals surface area contributed by atoms with Crippen molar-refractivity contribution in [2.24, 2.45) is 0 Å². The van der Waals surface area contributed by atoms with E-state index in [0.717, 1.165) is 10.2 Å². The van der Waals surface area contributed by atoms with E-state index < -0.39 is 0 Å². The number of carbonyl (C=O) groups is 1. The maximum atomic E-state index is 12.2. The number of rotatable bonds is 3. The molecule has 2 aromatic carbocycles. The molecule has 5 heteroatoms. The first kappa shape index (κ1) is 13.9. The van der Waals surface area contributed by atoms with Gasteiger partial charge in [-0.25, -0.2) is 0 Å². The fourth-order valence-corrected chi connectivity index (χ4v) is 2.24. The molecule has 0 bridgehead atoms. The zero-order valence-corrected chi connectivity index (χ0v) is 12.5. The zero-order chi connectivity index (χ0) is 13.8. The number of hydrogen-bond donors (Lipinski definition) is 2. The molecular weight excluding hydrogens is 328 g/mol. The molecule has 3 nitrogen and oxygen atoms in total. The van der Waals surface area contributed by atoms with Crippen molar-refractivity contribution in [2.75, 3.05) is 17.7 Å². The number of carbonyl (C=O) groups excluding carboxylic acids is 1. The maximum Gasteiger partial charge on any atom is 0.257 e. The van der Waals surface area contributed by atoms with Crippen LogP contribution in [0.4, 0.5) is 11.4 Å². The predicted molar refractivity (Wildman–Crippen MR) is 83.1 cm³/mol. The summed E-state index contributed by atoms with van der Waals surface area (Å²) < 4.78 is 0.809. The second-order valence-electron chi connectivity index (χ2n) is 3.87. The van der Waals surface area contributed by atoms with E-state index in [0.29, 0.717) is 16.3 Å². The van der Waals surface area contributed by atoms with Crippen LogP contribution < -0.4 is 10.6 Å². The molecule has 0 aliphatic rings. The standard InChI is InChI=1S/C14H12BrClN2O/c1-17-12-4-2-3-5-13(12)18-14(19)10-8-9(15)6-7-11(10)16/h2-8,17H,1H3,(H,18,19). The third-order valence-corrected chi connectivity index (χ3v) is 3.44. The van der Waals surface area contributed by atoms with Crippen molar-refractivity contribution in [3.63, 3.8) is 0 Å². The Morgan fingerprint density at radius 3 is 2.53 bits per heavy atom. The van der Waals surface area contributed by atoms with E-state index in [1.54, 1.807) is 25.2 Å². The van der Waals surface area contributed by atoms with Gasteiger partial charge in [0.15, 0.2) is 0 Å². The Balaban J connectivity index is 2.28. The fraction of sp³-hybridized carbons (Fsp3) is 0.0714. The summed E-state index contributed by atoms with van der Waals surface area (Å²) in [6, 6.07) is 12.6. The highest BCUT2D eigenvalue weighted by molar-refractivity contribution is 9.10. The summed E-state index contributed by atoms with van der Waals surface area (Å²) >= 11 is 9.36. The van der Waals surface area contributed by atoms with Crippen LogP contribution in [0.2, 0.25) is 5.02 Å². The van der Waals surface area contributed by atoms with Gasteiger partial charge < -0.3 is 10.6 Å². The van der Waals surface area contributed by atoms with E-state index in [-0.39, 0.29) is 5.91 Å². The number of amides is 1. The third kappa shape index (κ3) is 3.28. The molecule has 0 unspecified atom stereocenters. The lowest BCUT2D eigenvalue weighted by molar-refractivity contribution is 0.102. The van der Waals surface area contributed by atoms with Crippen molar-refractivity contribution < 1.29 is 4.79 Å². The number of nitrogens with one attached hydrogen (secondary N) is 2. The molecule has 0 fully saturated rings. The number of anilines is 2. The summed E-state index contributed by atoms with van der Waals surface area (Å²) in [5.41, 5.74) is 2.00. The normalized spacial score (nSPS) is 10.1. The number of para-hydroxylation sites is 2. The molecule has 0 atom stereocenters. The SMILES string of the molecule is CNc1ccccc1NC(=O)c1cc(Br)ccc1Cl. The van der Waals surface area contributed by atoms with Gasteiger partial charge >= 0.3 is 0 Å². The van der Waals surface area contributed by atoms with Gasteiger partial charge in [-0.15, -0.1) is 0 Å². The molecule has 0 saturated carbocycles. The van der Waals surface area contributed by atoms with Crippen molar-refractivity contribution in [1.29, 1.82) is 0 Å². The van der Waals surface area contributed by atoms with Gasteiger partial charge in [-0.2, -0.15) is 0 Å². The van der Waals surface area contributed by atoms with E-state index in [9.17, 15) is 4.79 Å². The van der Waals surface area contributed by atoms with Crippen LogP contribution in [0, 0.1) is 0 Å². The van der Waals surface area contributed by atoms with Crippen LogP contribution >= 0.6 is 27.5 Å². The lowest BCUT2D eigenvalue weighted by Gasteiger charge is -2.11. The van der Waals surface area contributed by atoms with Gasteiger partial charge in [-0.1, -0.05) is 39.7 Å². The highest BCUT2D eigenvalue weighted by atomic mass is 79.9. The average Bonchev–Trinajstić information content (AvgIpc) is 2.42. The lowest BCUT2D eigenvalue weighted by atomic mass is 10.2. The van der Waals surface area contributed by atoms with Crippen molar-refractivity contribution in [3.8, 4) is 0 Å². The number of benzene rings is 2. The minimum absolute atomic E-state index is 0.242. The first-order valence-corrected chi connectivity index (χ1v) is 6.82. The molecular formula is C14H12BrClN2O. The van der Waals surface area contributed by atoms with Crippen molar-refractivity contribution in [1.82, 2.24) is 0 Å². The Morgan fingerprint density at radius 1 is 1.16 bits per heavy atom. The second kappa shape index (κ2) is 6.08. The van der Waals surface area contributed by atoms with Gasteiger partial charge in [0.2, 0.25) is 0 Å². The van der Waals surface area contributed by atoms with Gasteiger partial charge in [-0.3, -0.25) is 4.79 Å². The van der Waals surface area contributed by atoms with E-state index in [4.69, 9.17) is 11.6 Å². The summed E-state index contributed by atoms with van der Waals surface area (Å²) in [6.45, 7) is 0. The van der Waals surface area contributed by atoms with Gasteiger partial charge in [0.1, 0.15) is 0 Å². The zero-order valence-electron chi connectivity index (χ0n) is 10.2. The third-order valence-electron chi connectivity index (χ3n) is 2.62. The Hall–Kier alpha value is -1.52. The molecule has 0 radical (unpaired) electrons. The molecule has 0 saturated heterocycles.